The zero-order valence-corrected chi connectivity index (χ0v) is 65.6. The van der Waals surface area contributed by atoms with Gasteiger partial charge in [0.05, 0.1) is 25.6 Å². The van der Waals surface area contributed by atoms with Crippen molar-refractivity contribution in [3.05, 3.63) is 124 Å². The number of rotatable bonds is 42. The van der Waals surface area contributed by atoms with Gasteiger partial charge < -0.3 is 65.6 Å². The second kappa shape index (κ2) is 42.2. The summed E-state index contributed by atoms with van der Waals surface area (Å²) in [6.45, 7) is 28.0. The van der Waals surface area contributed by atoms with E-state index in [1.54, 1.807) is 141 Å². The van der Waals surface area contributed by atoms with E-state index in [1.165, 1.54) is 19.1 Å². The maximum Gasteiger partial charge on any atom is 0.329 e. The van der Waals surface area contributed by atoms with Gasteiger partial charge in [-0.2, -0.15) is 0 Å². The fraction of sp³-hybridized carbons (Fsp3) is 0.568. The molecule has 0 aliphatic rings. The number of aliphatic carboxylic acids is 1. The van der Waals surface area contributed by atoms with E-state index in [1.807, 2.05) is 51.1 Å². The number of aryl methyl sites for hydroxylation is 2. The molecule has 0 bridgehead atoms. The maximum absolute atomic E-state index is 13.8. The van der Waals surface area contributed by atoms with Crippen LogP contribution in [0.1, 0.15) is 196 Å². The quantitative estimate of drug-likeness (QED) is 0.0116. The van der Waals surface area contributed by atoms with Crippen LogP contribution in [-0.4, -0.2) is 177 Å². The summed E-state index contributed by atoms with van der Waals surface area (Å²) in [4.78, 5) is 148. The van der Waals surface area contributed by atoms with Gasteiger partial charge in [0, 0.05) is 82.0 Å². The molecule has 0 saturated heterocycles. The van der Waals surface area contributed by atoms with Gasteiger partial charge in [0.15, 0.2) is 12.4 Å². The molecule has 26 nitrogen and oxygen atoms in total. The number of carboxylic acids is 1. The highest BCUT2D eigenvalue weighted by atomic mass is 16.6. The summed E-state index contributed by atoms with van der Waals surface area (Å²) >= 11 is 0. The lowest BCUT2D eigenvalue weighted by Gasteiger charge is -2.32. The predicted octanol–water partition coefficient (Wildman–Crippen LogP) is 9.50. The Balaban J connectivity index is 1.33. The summed E-state index contributed by atoms with van der Waals surface area (Å²) in [5.41, 5.74) is 0.107. The number of phenols is 2. The summed E-state index contributed by atoms with van der Waals surface area (Å²) in [6, 6.07) is 22.4. The molecule has 4 atom stereocenters. The first-order valence-corrected chi connectivity index (χ1v) is 36.6. The Kier molecular flexibility index (Phi) is 35.5. The van der Waals surface area contributed by atoms with Crippen LogP contribution >= 0.6 is 0 Å². The van der Waals surface area contributed by atoms with Gasteiger partial charge in [-0.05, 0) is 187 Å². The molecule has 0 aliphatic heterocycles. The topological polar surface area (TPSA) is 361 Å². The standard InChI is InChI=1S/C81H117N7O19/c1-53(89)48-87(40-41-88(51-72(98)105-79(8,9)10)50-60-44-57(28-35-66(60)92)30-37-70(95)96)49-59-43-56(27-34-65(59)91)29-36-68(93)83-47-61(90)46-58(74(100)106-80(11,12)13)42-55-25-31-62(32-26-55)103-52-69(94)84-64(45-54-22-18-17-19-23-54)73(99)82-39-21-20-24-67(77(2,3)4)86-76(102)85-63(75(101)107-81(14,15)16)33-38-71(97)104-78(5,6)7/h17-19,22-23,25-28,31-32,34-35,43-44,58,63-64,67,91-92H,20-21,24,29-30,33,36-42,45-52H2,1-16H3,(H,82,99)(H,83,93)(H,84,94)(H,95,96)(H2,85,86,102)/t58-,63+,64+,67+/m1/s1. The molecular weight excluding hydrogens is 1370 g/mol. The Morgan fingerprint density at radius 3 is 1.57 bits per heavy atom. The first-order valence-electron chi connectivity index (χ1n) is 36.6. The van der Waals surface area contributed by atoms with Crippen LogP contribution in [-0.2, 0) is 106 Å². The van der Waals surface area contributed by atoms with Crippen molar-refractivity contribution in [3.63, 3.8) is 0 Å². The average molecular weight is 1490 g/mol. The number of amides is 5. The summed E-state index contributed by atoms with van der Waals surface area (Å²) in [5.74, 6) is -6.03. The number of esters is 4. The van der Waals surface area contributed by atoms with Crippen molar-refractivity contribution in [2.45, 2.75) is 241 Å². The van der Waals surface area contributed by atoms with Crippen molar-refractivity contribution < 1.29 is 91.7 Å². The highest BCUT2D eigenvalue weighted by molar-refractivity contribution is 5.90. The number of ketones is 2. The van der Waals surface area contributed by atoms with Crippen LogP contribution in [0.4, 0.5) is 4.79 Å². The Bertz CT molecular complexity index is 3620. The molecule has 0 radical (unpaired) electrons. The lowest BCUT2D eigenvalue weighted by Crippen LogP contribution is -2.53. The van der Waals surface area contributed by atoms with Crippen LogP contribution in [0.15, 0.2) is 91.0 Å². The van der Waals surface area contributed by atoms with Crippen LogP contribution in [0.5, 0.6) is 17.2 Å². The molecule has 26 heteroatoms. The van der Waals surface area contributed by atoms with Gasteiger partial charge in [0.1, 0.15) is 57.5 Å². The fourth-order valence-electron chi connectivity index (χ4n) is 11.3. The number of carbonyl (C=O) groups is 11. The highest BCUT2D eigenvalue weighted by Gasteiger charge is 2.33. The average Bonchev–Trinajstić information content (AvgIpc) is 0.857. The third-order valence-corrected chi connectivity index (χ3v) is 16.3. The number of unbranched alkanes of at least 4 members (excludes halogenated alkanes) is 1. The lowest BCUT2D eigenvalue weighted by atomic mass is 9.84. The molecule has 4 rings (SSSR count). The molecule has 590 valence electrons. The van der Waals surface area contributed by atoms with Gasteiger partial charge in [-0.15, -0.1) is 0 Å². The summed E-state index contributed by atoms with van der Waals surface area (Å²) in [5, 5.41) is 45.2. The number of nitrogens with zero attached hydrogens (tertiary/aromatic N) is 2. The number of benzene rings is 4. The molecule has 0 spiro atoms. The van der Waals surface area contributed by atoms with E-state index in [-0.39, 0.29) is 133 Å². The van der Waals surface area contributed by atoms with Crippen molar-refractivity contribution in [2.24, 2.45) is 11.3 Å². The molecular formula is C81H117N7O19. The van der Waals surface area contributed by atoms with E-state index in [9.17, 15) is 68.1 Å². The van der Waals surface area contributed by atoms with Gasteiger partial charge in [-0.3, -0.25) is 53.0 Å². The first-order chi connectivity index (χ1) is 49.8. The number of carbonyl (C=O) groups excluding carboxylic acids is 10. The van der Waals surface area contributed by atoms with Gasteiger partial charge in [-0.1, -0.05) is 87.5 Å². The summed E-state index contributed by atoms with van der Waals surface area (Å²) in [6.07, 6.45) is 1.78. The third kappa shape index (κ3) is 38.1. The number of Topliss-reactive ketones (excluding diaryl/α,β-unsaturated/α-hetero) is 2. The number of phenolic OH excluding ortho intramolecular Hbond substituents is 2. The molecule has 107 heavy (non-hydrogen) atoms. The number of nitrogens with one attached hydrogen (secondary N) is 5. The summed E-state index contributed by atoms with van der Waals surface area (Å²) < 4.78 is 28.2. The smallest absolute Gasteiger partial charge is 0.329 e. The Labute approximate surface area is 630 Å². The predicted molar refractivity (Wildman–Crippen MR) is 404 cm³/mol. The number of aromatic hydroxyl groups is 2. The fourth-order valence-corrected chi connectivity index (χ4v) is 11.3. The number of hydrogen-bond acceptors (Lipinski definition) is 20. The second-order valence-corrected chi connectivity index (χ2v) is 32.3. The van der Waals surface area contributed by atoms with Crippen LogP contribution in [0, 0.1) is 11.3 Å². The van der Waals surface area contributed by atoms with E-state index in [4.69, 9.17) is 23.7 Å². The zero-order valence-electron chi connectivity index (χ0n) is 65.6. The van der Waals surface area contributed by atoms with Crippen molar-refractivity contribution in [1.82, 2.24) is 36.4 Å². The number of ether oxygens (including phenoxy) is 5. The van der Waals surface area contributed by atoms with Crippen molar-refractivity contribution in [3.8, 4) is 17.2 Å². The van der Waals surface area contributed by atoms with E-state index >= 15 is 0 Å². The summed E-state index contributed by atoms with van der Waals surface area (Å²) in [7, 11) is 0. The van der Waals surface area contributed by atoms with Gasteiger partial charge >= 0.3 is 35.9 Å². The largest absolute Gasteiger partial charge is 0.508 e. The Morgan fingerprint density at radius 2 is 1.03 bits per heavy atom. The van der Waals surface area contributed by atoms with Crippen LogP contribution in [0.2, 0.25) is 0 Å². The van der Waals surface area contributed by atoms with Crippen LogP contribution < -0.4 is 31.3 Å². The van der Waals surface area contributed by atoms with E-state index in [0.717, 1.165) is 5.56 Å². The van der Waals surface area contributed by atoms with Crippen molar-refractivity contribution >= 4 is 65.2 Å². The Hall–Kier alpha value is -9.43. The van der Waals surface area contributed by atoms with Crippen molar-refractivity contribution in [1.29, 1.82) is 0 Å². The number of hydrogen-bond donors (Lipinski definition) is 8. The molecule has 0 unspecified atom stereocenters. The first kappa shape index (κ1) is 90.0. The van der Waals surface area contributed by atoms with Crippen molar-refractivity contribution in [2.75, 3.05) is 45.9 Å². The lowest BCUT2D eigenvalue weighted by molar-refractivity contribution is -0.161. The highest BCUT2D eigenvalue weighted by Crippen LogP contribution is 2.27. The molecule has 0 aliphatic carbocycles. The third-order valence-electron chi connectivity index (χ3n) is 16.3. The zero-order chi connectivity index (χ0) is 80.0. The SMILES string of the molecule is CC(=O)CN(CCN(CC(=O)OC(C)(C)C)Cc1cc(CCC(=O)O)ccc1O)Cc1cc(CCC(=O)NCC(=O)C[C@@H](Cc2ccc(OCC(=O)N[C@@H](Cc3ccccc3)C(=O)NCCCC[C@H](NC(=O)N[C@@H](CCC(=O)OC(C)(C)C)C(=O)OC(C)(C)C)C(C)(C)C)cc2)C(=O)OC(C)(C)C)ccc1O. The number of urea groups is 1. The van der Waals surface area contributed by atoms with Crippen LogP contribution in [0.3, 0.4) is 0 Å². The normalized spacial score (nSPS) is 13.1. The minimum absolute atomic E-state index is 0.0114. The number of carboxylic acid groups (broad SMARTS) is 1. The monoisotopic (exact) mass is 1490 g/mol. The minimum Gasteiger partial charge on any atom is -0.508 e. The minimum atomic E-state index is -1.13. The van der Waals surface area contributed by atoms with Gasteiger partial charge in [-0.25, -0.2) is 9.59 Å². The Morgan fingerprint density at radius 1 is 0.505 bits per heavy atom. The van der Waals surface area contributed by atoms with Crippen LogP contribution in [0.25, 0.3) is 0 Å². The molecule has 5 amide bonds. The molecule has 0 aromatic heterocycles. The molecule has 4 aromatic rings. The van der Waals surface area contributed by atoms with E-state index in [0.29, 0.717) is 52.8 Å². The molecule has 0 saturated carbocycles. The van der Waals surface area contributed by atoms with E-state index < -0.39 is 112 Å². The molecule has 0 fully saturated rings. The van der Waals surface area contributed by atoms with E-state index in [2.05, 4.69) is 26.6 Å². The van der Waals surface area contributed by atoms with Gasteiger partial charge in [0.25, 0.3) is 5.91 Å². The second-order valence-electron chi connectivity index (χ2n) is 32.3. The molecule has 8 N–H and O–H groups in total. The van der Waals surface area contributed by atoms with Gasteiger partial charge in [0.2, 0.25) is 11.8 Å². The molecule has 0 heterocycles. The molecule has 4 aromatic carbocycles. The maximum atomic E-state index is 13.8.